The predicted molar refractivity (Wildman–Crippen MR) is 79.2 cm³/mol. The van der Waals surface area contributed by atoms with Crippen LogP contribution in [-0.4, -0.2) is 31.1 Å². The van der Waals surface area contributed by atoms with Gasteiger partial charge < -0.3 is 10.1 Å². The molecule has 0 spiro atoms. The van der Waals surface area contributed by atoms with E-state index in [4.69, 9.17) is 17.0 Å². The van der Waals surface area contributed by atoms with Crippen LogP contribution in [0.4, 0.5) is 13.2 Å². The van der Waals surface area contributed by atoms with Crippen molar-refractivity contribution in [3.8, 4) is 0 Å². The van der Waals surface area contributed by atoms with Crippen LogP contribution in [0.3, 0.4) is 0 Å². The number of halogens is 3. The van der Waals surface area contributed by atoms with Crippen molar-refractivity contribution >= 4 is 23.5 Å². The Labute approximate surface area is 126 Å². The lowest BCUT2D eigenvalue weighted by molar-refractivity contribution is -0.137. The van der Waals surface area contributed by atoms with E-state index in [2.05, 4.69) is 15.8 Å². The maximum absolute atomic E-state index is 12.8. The number of ether oxygens (including phenoxy) is 1. The largest absolute Gasteiger partial charge is 0.417 e. The van der Waals surface area contributed by atoms with Gasteiger partial charge >= 0.3 is 6.18 Å². The van der Waals surface area contributed by atoms with Gasteiger partial charge in [-0.2, -0.15) is 18.3 Å². The minimum Gasteiger partial charge on any atom is -0.383 e. The lowest BCUT2D eigenvalue weighted by Crippen LogP contribution is -2.40. The Kier molecular flexibility index (Phi) is 6.57. The Hall–Kier alpha value is -1.67. The molecule has 0 aliphatic carbocycles. The highest BCUT2D eigenvalue weighted by Gasteiger charge is 2.32. The highest BCUT2D eigenvalue weighted by Crippen LogP contribution is 2.30. The van der Waals surface area contributed by atoms with Crippen LogP contribution in [0.2, 0.25) is 0 Å². The topological polar surface area (TPSA) is 45.6 Å². The standard InChI is InChI=1S/C13H16F3N3OS/c1-9(8-20-2)18-12(21)19-17-7-10-5-3-4-6-11(10)13(14,15)16/h3-7,9H,8H2,1-2H3,(H2,18,19,21)/b17-7-/t9-/m1/s1. The lowest BCUT2D eigenvalue weighted by Gasteiger charge is -2.14. The van der Waals surface area contributed by atoms with E-state index < -0.39 is 11.7 Å². The highest BCUT2D eigenvalue weighted by molar-refractivity contribution is 7.80. The predicted octanol–water partition coefficient (Wildman–Crippen LogP) is 2.54. The summed E-state index contributed by atoms with van der Waals surface area (Å²) in [5.74, 6) is 0. The average molecular weight is 319 g/mol. The smallest absolute Gasteiger partial charge is 0.383 e. The van der Waals surface area contributed by atoms with Crippen molar-refractivity contribution < 1.29 is 17.9 Å². The minimum atomic E-state index is -4.42. The molecule has 0 aliphatic rings. The number of nitrogens with zero attached hydrogens (tertiary/aromatic N) is 1. The molecule has 1 rings (SSSR count). The zero-order valence-electron chi connectivity index (χ0n) is 11.6. The molecule has 0 radical (unpaired) electrons. The number of benzene rings is 1. The molecule has 2 N–H and O–H groups in total. The van der Waals surface area contributed by atoms with Crippen molar-refractivity contribution in [3.05, 3.63) is 35.4 Å². The van der Waals surface area contributed by atoms with E-state index in [1.807, 2.05) is 6.92 Å². The molecular weight excluding hydrogens is 303 g/mol. The van der Waals surface area contributed by atoms with Gasteiger partial charge in [-0.15, -0.1) is 0 Å². The second kappa shape index (κ2) is 7.94. The zero-order valence-corrected chi connectivity index (χ0v) is 12.4. The fourth-order valence-electron chi connectivity index (χ4n) is 1.58. The van der Waals surface area contributed by atoms with Gasteiger partial charge in [0, 0.05) is 18.7 Å². The summed E-state index contributed by atoms with van der Waals surface area (Å²) in [6, 6.07) is 5.13. The first kappa shape index (κ1) is 17.4. The summed E-state index contributed by atoms with van der Waals surface area (Å²) in [4.78, 5) is 0. The fourth-order valence-corrected chi connectivity index (χ4v) is 1.83. The van der Waals surface area contributed by atoms with Gasteiger partial charge in [-0.05, 0) is 25.2 Å². The number of rotatable bonds is 5. The van der Waals surface area contributed by atoms with Crippen LogP contribution in [-0.2, 0) is 10.9 Å². The van der Waals surface area contributed by atoms with Gasteiger partial charge in [-0.3, -0.25) is 5.43 Å². The number of methoxy groups -OCH3 is 1. The van der Waals surface area contributed by atoms with Gasteiger partial charge in [0.05, 0.1) is 18.4 Å². The first-order valence-corrected chi connectivity index (χ1v) is 6.50. The summed E-state index contributed by atoms with van der Waals surface area (Å²) >= 11 is 4.95. The van der Waals surface area contributed by atoms with E-state index in [0.29, 0.717) is 6.61 Å². The van der Waals surface area contributed by atoms with Crippen LogP contribution in [0.5, 0.6) is 0 Å². The number of hydrogen-bond acceptors (Lipinski definition) is 3. The Morgan fingerprint density at radius 3 is 2.71 bits per heavy atom. The molecule has 0 amide bonds. The first-order chi connectivity index (χ1) is 9.84. The van der Waals surface area contributed by atoms with E-state index in [1.54, 1.807) is 7.11 Å². The molecule has 0 bridgehead atoms. The van der Waals surface area contributed by atoms with E-state index in [-0.39, 0.29) is 16.7 Å². The summed E-state index contributed by atoms with van der Waals surface area (Å²) in [6.07, 6.45) is -3.34. The summed E-state index contributed by atoms with van der Waals surface area (Å²) in [6.45, 7) is 2.29. The maximum Gasteiger partial charge on any atom is 0.417 e. The number of thiocarbonyl (C=S) groups is 1. The summed E-state index contributed by atoms with van der Waals surface area (Å²) in [7, 11) is 1.56. The molecule has 0 fully saturated rings. The molecule has 8 heteroatoms. The quantitative estimate of drug-likeness (QED) is 0.497. The summed E-state index contributed by atoms with van der Waals surface area (Å²) < 4.78 is 43.2. The van der Waals surface area contributed by atoms with E-state index in [0.717, 1.165) is 12.3 Å². The van der Waals surface area contributed by atoms with Gasteiger partial charge in [-0.1, -0.05) is 18.2 Å². The van der Waals surface area contributed by atoms with Crippen molar-refractivity contribution in [2.75, 3.05) is 13.7 Å². The van der Waals surface area contributed by atoms with Crippen LogP contribution in [0.25, 0.3) is 0 Å². The summed E-state index contributed by atoms with van der Waals surface area (Å²) in [5.41, 5.74) is 1.68. The molecule has 0 aromatic heterocycles. The first-order valence-electron chi connectivity index (χ1n) is 6.09. The number of hydrogen-bond donors (Lipinski definition) is 2. The van der Waals surface area contributed by atoms with Crippen molar-refractivity contribution in [1.82, 2.24) is 10.7 Å². The monoisotopic (exact) mass is 319 g/mol. The normalized spacial score (nSPS) is 13.2. The van der Waals surface area contributed by atoms with Gasteiger partial charge in [0.15, 0.2) is 5.11 Å². The molecule has 0 unspecified atom stereocenters. The SMILES string of the molecule is COC[C@@H](C)NC(=S)N/N=C\c1ccccc1C(F)(F)F. The van der Waals surface area contributed by atoms with Gasteiger partial charge in [0.1, 0.15) is 0 Å². The van der Waals surface area contributed by atoms with Crippen LogP contribution in [0.15, 0.2) is 29.4 Å². The van der Waals surface area contributed by atoms with E-state index >= 15 is 0 Å². The van der Waals surface area contributed by atoms with Crippen LogP contribution >= 0.6 is 12.2 Å². The van der Waals surface area contributed by atoms with Crippen molar-refractivity contribution in [3.63, 3.8) is 0 Å². The highest BCUT2D eigenvalue weighted by atomic mass is 32.1. The van der Waals surface area contributed by atoms with Gasteiger partial charge in [0.25, 0.3) is 0 Å². The second-order valence-corrected chi connectivity index (χ2v) is 4.69. The molecule has 0 saturated carbocycles. The van der Waals surface area contributed by atoms with E-state index in [9.17, 15) is 13.2 Å². The average Bonchev–Trinajstić information content (AvgIpc) is 2.38. The Balaban J connectivity index is 2.64. The molecule has 4 nitrogen and oxygen atoms in total. The lowest BCUT2D eigenvalue weighted by atomic mass is 10.1. The minimum absolute atomic E-state index is 0.0346. The third-order valence-electron chi connectivity index (χ3n) is 2.43. The van der Waals surface area contributed by atoms with Gasteiger partial charge in [0.2, 0.25) is 0 Å². The third kappa shape index (κ3) is 6.09. The molecule has 0 heterocycles. The fraction of sp³-hybridized carbons (Fsp3) is 0.385. The Morgan fingerprint density at radius 1 is 1.43 bits per heavy atom. The number of hydrazone groups is 1. The third-order valence-corrected chi connectivity index (χ3v) is 2.64. The molecule has 1 atom stereocenters. The van der Waals surface area contributed by atoms with Crippen molar-refractivity contribution in [2.24, 2.45) is 5.10 Å². The van der Waals surface area contributed by atoms with Crippen LogP contribution in [0, 0.1) is 0 Å². The molecule has 1 aromatic carbocycles. The van der Waals surface area contributed by atoms with Crippen LogP contribution < -0.4 is 10.7 Å². The molecule has 1 aromatic rings. The van der Waals surface area contributed by atoms with Crippen molar-refractivity contribution in [1.29, 1.82) is 0 Å². The molecule has 0 saturated heterocycles. The number of alkyl halides is 3. The van der Waals surface area contributed by atoms with Crippen molar-refractivity contribution in [2.45, 2.75) is 19.1 Å². The molecule has 0 aliphatic heterocycles. The van der Waals surface area contributed by atoms with Gasteiger partial charge in [-0.25, -0.2) is 0 Å². The maximum atomic E-state index is 12.8. The second-order valence-electron chi connectivity index (χ2n) is 4.28. The zero-order chi connectivity index (χ0) is 15.9. The molecule has 116 valence electrons. The summed E-state index contributed by atoms with van der Waals surface area (Å²) in [5, 5.41) is 6.79. The Morgan fingerprint density at radius 2 is 2.10 bits per heavy atom. The Bertz CT molecular complexity index is 506. The molecular formula is C13H16F3N3OS. The number of nitrogens with one attached hydrogen (secondary N) is 2. The van der Waals surface area contributed by atoms with E-state index in [1.165, 1.54) is 18.2 Å². The molecule has 21 heavy (non-hydrogen) atoms. The van der Waals surface area contributed by atoms with Crippen LogP contribution in [0.1, 0.15) is 18.1 Å².